The van der Waals surface area contributed by atoms with E-state index in [2.05, 4.69) is 9.88 Å². The number of aliphatic hydroxyl groups is 1. The van der Waals surface area contributed by atoms with E-state index >= 15 is 0 Å². The minimum absolute atomic E-state index is 0.0214. The van der Waals surface area contributed by atoms with Gasteiger partial charge in [-0.1, -0.05) is 23.7 Å². The second-order valence-electron chi connectivity index (χ2n) is 8.45. The van der Waals surface area contributed by atoms with Gasteiger partial charge in [-0.15, -0.1) is 0 Å². The maximum Gasteiger partial charge on any atom is 0.416 e. The average Bonchev–Trinajstić information content (AvgIpc) is 3.37. The molecule has 1 unspecified atom stereocenters. The number of imidazole rings is 1. The first-order chi connectivity index (χ1) is 15.2. The summed E-state index contributed by atoms with van der Waals surface area (Å²) in [4.78, 5) is 21.5. The number of nitrogens with zero attached hydrogens (tertiary/aromatic N) is 4. The van der Waals surface area contributed by atoms with Crippen molar-refractivity contribution in [1.82, 2.24) is 19.4 Å². The van der Waals surface area contributed by atoms with Crippen LogP contribution in [0, 0.1) is 0 Å². The van der Waals surface area contributed by atoms with Crippen molar-refractivity contribution in [2.45, 2.75) is 43.9 Å². The van der Waals surface area contributed by atoms with E-state index in [9.17, 15) is 23.1 Å². The number of rotatable bonds is 4. The van der Waals surface area contributed by atoms with Crippen molar-refractivity contribution in [3.63, 3.8) is 0 Å². The molecule has 6 nitrogen and oxygen atoms in total. The van der Waals surface area contributed by atoms with Gasteiger partial charge in [0.05, 0.1) is 12.2 Å². The van der Waals surface area contributed by atoms with Crippen molar-refractivity contribution in [2.75, 3.05) is 26.2 Å². The Balaban J connectivity index is 1.51. The largest absolute Gasteiger partial charge is 0.416 e. The molecular weight excluding hydrogens is 445 g/mol. The van der Waals surface area contributed by atoms with Gasteiger partial charge in [0.1, 0.15) is 11.5 Å². The normalized spacial score (nSPS) is 20.8. The second-order valence-corrected chi connectivity index (χ2v) is 8.81. The van der Waals surface area contributed by atoms with Gasteiger partial charge in [-0.25, -0.2) is 4.98 Å². The summed E-state index contributed by atoms with van der Waals surface area (Å²) in [5.41, 5.74) is -0.370. The van der Waals surface area contributed by atoms with E-state index in [0.717, 1.165) is 44.4 Å². The summed E-state index contributed by atoms with van der Waals surface area (Å²) in [6.07, 6.45) is -0.791. The molecule has 0 radical (unpaired) electrons. The van der Waals surface area contributed by atoms with Crippen molar-refractivity contribution in [3.05, 3.63) is 40.7 Å². The third-order valence-corrected chi connectivity index (χ3v) is 6.82. The SMILES string of the molecule is Cn1c(-c2cccc(C(F)(F)F)c2)nc(Cl)c1C(=O)N1CCC(N2CCCC2CO)CC1. The third-order valence-electron chi connectivity index (χ3n) is 6.56. The van der Waals surface area contributed by atoms with Crippen LogP contribution in [-0.2, 0) is 13.2 Å². The van der Waals surface area contributed by atoms with Crippen LogP contribution in [0.2, 0.25) is 5.15 Å². The Hall–Kier alpha value is -2.10. The second kappa shape index (κ2) is 9.03. The molecule has 3 heterocycles. The fourth-order valence-corrected chi connectivity index (χ4v) is 5.16. The van der Waals surface area contributed by atoms with Gasteiger partial charge in [0, 0.05) is 37.8 Å². The summed E-state index contributed by atoms with van der Waals surface area (Å²) in [5.74, 6) is -0.0657. The van der Waals surface area contributed by atoms with E-state index in [1.165, 1.54) is 16.7 Å². The third kappa shape index (κ3) is 4.38. The summed E-state index contributed by atoms with van der Waals surface area (Å²) in [5, 5.41) is 9.56. The molecule has 2 aliphatic heterocycles. The summed E-state index contributed by atoms with van der Waals surface area (Å²) in [6, 6.07) is 5.36. The molecule has 2 fully saturated rings. The number of halogens is 4. The van der Waals surface area contributed by atoms with Crippen LogP contribution in [0.4, 0.5) is 13.2 Å². The van der Waals surface area contributed by atoms with Crippen LogP contribution < -0.4 is 0 Å². The molecule has 1 N–H and O–H groups in total. The molecule has 1 amide bonds. The highest BCUT2D eigenvalue weighted by Crippen LogP contribution is 2.33. The van der Waals surface area contributed by atoms with E-state index in [0.29, 0.717) is 19.1 Å². The molecule has 1 aromatic heterocycles. The van der Waals surface area contributed by atoms with Crippen molar-refractivity contribution in [3.8, 4) is 11.4 Å². The Bertz CT molecular complexity index is 986. The molecule has 10 heteroatoms. The molecule has 1 atom stereocenters. The monoisotopic (exact) mass is 470 g/mol. The first-order valence-corrected chi connectivity index (χ1v) is 11.1. The van der Waals surface area contributed by atoms with E-state index in [4.69, 9.17) is 11.6 Å². The zero-order valence-corrected chi connectivity index (χ0v) is 18.5. The maximum absolute atomic E-state index is 13.2. The Morgan fingerprint density at radius 2 is 1.94 bits per heavy atom. The summed E-state index contributed by atoms with van der Waals surface area (Å²) >= 11 is 6.28. The number of amides is 1. The number of hydrogen-bond acceptors (Lipinski definition) is 4. The molecule has 174 valence electrons. The molecule has 1 aromatic carbocycles. The minimum atomic E-state index is -4.47. The minimum Gasteiger partial charge on any atom is -0.395 e. The van der Waals surface area contributed by atoms with Crippen LogP contribution in [0.25, 0.3) is 11.4 Å². The number of alkyl halides is 3. The molecule has 0 spiro atoms. The van der Waals surface area contributed by atoms with Crippen LogP contribution >= 0.6 is 11.6 Å². The average molecular weight is 471 g/mol. The smallest absolute Gasteiger partial charge is 0.395 e. The fourth-order valence-electron chi connectivity index (χ4n) is 4.87. The Morgan fingerprint density at radius 1 is 1.22 bits per heavy atom. The number of aromatic nitrogens is 2. The Kier molecular flexibility index (Phi) is 6.51. The molecular formula is C22H26ClF3N4O2. The maximum atomic E-state index is 13.2. The van der Waals surface area contributed by atoms with Crippen molar-refractivity contribution in [1.29, 1.82) is 0 Å². The number of aliphatic hydroxyl groups excluding tert-OH is 1. The number of carbonyl (C=O) groups is 1. The first kappa shape index (κ1) is 23.1. The lowest BCUT2D eigenvalue weighted by Crippen LogP contribution is -2.49. The lowest BCUT2D eigenvalue weighted by atomic mass is 10.0. The van der Waals surface area contributed by atoms with E-state index < -0.39 is 11.7 Å². The topological polar surface area (TPSA) is 61.6 Å². The molecule has 4 rings (SSSR count). The zero-order valence-electron chi connectivity index (χ0n) is 17.8. The lowest BCUT2D eigenvalue weighted by molar-refractivity contribution is -0.137. The van der Waals surface area contributed by atoms with Gasteiger partial charge in [0.2, 0.25) is 0 Å². The van der Waals surface area contributed by atoms with Gasteiger partial charge in [0.25, 0.3) is 5.91 Å². The van der Waals surface area contributed by atoms with E-state index in [1.807, 2.05) is 0 Å². The Labute approximate surface area is 189 Å². The van der Waals surface area contributed by atoms with Gasteiger partial charge in [-0.2, -0.15) is 13.2 Å². The number of hydrogen-bond donors (Lipinski definition) is 1. The number of carbonyl (C=O) groups excluding carboxylic acids is 1. The van der Waals surface area contributed by atoms with E-state index in [1.54, 1.807) is 11.9 Å². The molecule has 0 saturated carbocycles. The highest BCUT2D eigenvalue weighted by atomic mass is 35.5. The predicted molar refractivity (Wildman–Crippen MR) is 114 cm³/mol. The highest BCUT2D eigenvalue weighted by molar-refractivity contribution is 6.32. The summed E-state index contributed by atoms with van der Waals surface area (Å²) in [6.45, 7) is 2.23. The zero-order chi connectivity index (χ0) is 23.0. The van der Waals surface area contributed by atoms with Crippen LogP contribution in [0.15, 0.2) is 24.3 Å². The molecule has 2 aliphatic rings. The first-order valence-electron chi connectivity index (χ1n) is 10.8. The highest BCUT2D eigenvalue weighted by Gasteiger charge is 2.35. The van der Waals surface area contributed by atoms with Crippen LogP contribution in [0.5, 0.6) is 0 Å². The summed E-state index contributed by atoms with van der Waals surface area (Å²) in [7, 11) is 1.59. The lowest BCUT2D eigenvalue weighted by Gasteiger charge is -2.39. The molecule has 32 heavy (non-hydrogen) atoms. The van der Waals surface area contributed by atoms with Gasteiger partial charge < -0.3 is 14.6 Å². The van der Waals surface area contributed by atoms with Crippen LogP contribution in [0.3, 0.4) is 0 Å². The van der Waals surface area contributed by atoms with Gasteiger partial charge in [-0.05, 0) is 44.4 Å². The standard InChI is InChI=1S/C22H26ClF3N4O2/c1-28-18(19(23)27-20(28)14-4-2-5-15(12-14)22(24,25)26)21(32)29-10-7-16(8-11-29)30-9-3-6-17(30)13-31/h2,4-5,12,16-17,31H,3,6-11,13H2,1H3. The quantitative estimate of drug-likeness (QED) is 0.738. The van der Waals surface area contributed by atoms with E-state index in [-0.39, 0.29) is 40.8 Å². The van der Waals surface area contributed by atoms with Crippen LogP contribution in [0.1, 0.15) is 41.7 Å². The molecule has 0 aliphatic carbocycles. The van der Waals surface area contributed by atoms with Crippen LogP contribution in [-0.4, -0.2) is 68.7 Å². The molecule has 0 bridgehead atoms. The van der Waals surface area contributed by atoms with Crippen molar-refractivity contribution in [2.24, 2.45) is 7.05 Å². The van der Waals surface area contributed by atoms with Gasteiger partial charge in [0.15, 0.2) is 5.15 Å². The predicted octanol–water partition coefficient (Wildman–Crippen LogP) is 3.82. The van der Waals surface area contributed by atoms with Gasteiger partial charge in [-0.3, -0.25) is 9.69 Å². The van der Waals surface area contributed by atoms with Crippen molar-refractivity contribution < 1.29 is 23.1 Å². The fraction of sp³-hybridized carbons (Fsp3) is 0.545. The van der Waals surface area contributed by atoms with Crippen molar-refractivity contribution >= 4 is 17.5 Å². The van der Waals surface area contributed by atoms with Gasteiger partial charge >= 0.3 is 6.18 Å². The Morgan fingerprint density at radius 3 is 2.59 bits per heavy atom. The molecule has 2 aromatic rings. The summed E-state index contributed by atoms with van der Waals surface area (Å²) < 4.78 is 40.8. The number of piperidine rings is 1. The number of likely N-dealkylation sites (tertiary alicyclic amines) is 2. The number of benzene rings is 1. The molecule has 2 saturated heterocycles.